The number of carbonyl (C=O) groups excluding carboxylic acids is 1. The maximum atomic E-state index is 11.6. The van der Waals surface area contributed by atoms with Crippen molar-refractivity contribution in [1.82, 2.24) is 4.98 Å². The van der Waals surface area contributed by atoms with Crippen LogP contribution < -0.4 is 0 Å². The number of hydrogen-bond donors (Lipinski definition) is 0. The molecule has 2 aromatic rings. The van der Waals surface area contributed by atoms with Crippen LogP contribution in [0.3, 0.4) is 0 Å². The van der Waals surface area contributed by atoms with Crippen LogP contribution in [-0.2, 0) is 6.42 Å². The zero-order valence-electron chi connectivity index (χ0n) is 8.77. The molecule has 0 saturated heterocycles. The highest BCUT2D eigenvalue weighted by Gasteiger charge is 2.24. The Morgan fingerprint density at radius 1 is 1.12 bits per heavy atom. The monoisotopic (exact) mass is 213 g/mol. The van der Waals surface area contributed by atoms with E-state index >= 15 is 0 Å². The summed E-state index contributed by atoms with van der Waals surface area (Å²) in [6.07, 6.45) is 2.28. The fourth-order valence-corrected chi connectivity index (χ4v) is 1.97. The molecule has 0 radical (unpaired) electrons. The van der Waals surface area contributed by atoms with Crippen molar-refractivity contribution >= 4 is 5.78 Å². The van der Waals surface area contributed by atoms with Crippen LogP contribution >= 0.6 is 0 Å². The first-order chi connectivity index (χ1) is 7.84. The standard InChI is InChI=1S/C13H11NO2/c15-10-7-4-8-11-12(10)14-13(16-11)9-5-2-1-3-6-9/h1-3,5-6H,4,7-8H2. The maximum Gasteiger partial charge on any atom is 0.226 e. The van der Waals surface area contributed by atoms with Crippen LogP contribution in [0.2, 0.25) is 0 Å². The zero-order valence-corrected chi connectivity index (χ0v) is 8.77. The van der Waals surface area contributed by atoms with Gasteiger partial charge >= 0.3 is 0 Å². The van der Waals surface area contributed by atoms with Gasteiger partial charge in [-0.3, -0.25) is 4.79 Å². The first kappa shape index (κ1) is 9.33. The van der Waals surface area contributed by atoms with Crippen LogP contribution in [-0.4, -0.2) is 10.8 Å². The van der Waals surface area contributed by atoms with E-state index in [0.29, 0.717) is 18.0 Å². The van der Waals surface area contributed by atoms with E-state index in [-0.39, 0.29) is 5.78 Å². The normalized spacial score (nSPS) is 14.9. The molecule has 0 spiro atoms. The Hall–Kier alpha value is -1.90. The molecule has 0 fully saturated rings. The molecule has 0 aliphatic heterocycles. The van der Waals surface area contributed by atoms with E-state index in [9.17, 15) is 4.79 Å². The summed E-state index contributed by atoms with van der Waals surface area (Å²) in [5.74, 6) is 1.41. The van der Waals surface area contributed by atoms with E-state index in [2.05, 4.69) is 4.98 Å². The smallest absolute Gasteiger partial charge is 0.226 e. The van der Waals surface area contributed by atoms with Gasteiger partial charge in [0, 0.05) is 18.4 Å². The summed E-state index contributed by atoms with van der Waals surface area (Å²) < 4.78 is 5.63. The molecular formula is C13H11NO2. The van der Waals surface area contributed by atoms with Crippen LogP contribution in [0.5, 0.6) is 0 Å². The molecule has 1 heterocycles. The van der Waals surface area contributed by atoms with Crippen LogP contribution in [0, 0.1) is 0 Å². The number of rotatable bonds is 1. The molecule has 1 aliphatic carbocycles. The van der Waals surface area contributed by atoms with Gasteiger partial charge in [-0.25, -0.2) is 4.98 Å². The highest BCUT2D eigenvalue weighted by atomic mass is 16.4. The Bertz CT molecular complexity index is 528. The van der Waals surface area contributed by atoms with Gasteiger partial charge < -0.3 is 4.42 Å². The summed E-state index contributed by atoms with van der Waals surface area (Å²) >= 11 is 0. The number of aryl methyl sites for hydroxylation is 1. The van der Waals surface area contributed by atoms with Crippen molar-refractivity contribution in [3.05, 3.63) is 41.8 Å². The van der Waals surface area contributed by atoms with Crippen molar-refractivity contribution in [2.24, 2.45) is 0 Å². The third-order valence-electron chi connectivity index (χ3n) is 2.79. The number of ketones is 1. The predicted octanol–water partition coefficient (Wildman–Crippen LogP) is 2.86. The number of oxazole rings is 1. The van der Waals surface area contributed by atoms with Gasteiger partial charge in [0.2, 0.25) is 5.89 Å². The van der Waals surface area contributed by atoms with Gasteiger partial charge in [0.1, 0.15) is 11.5 Å². The van der Waals surface area contributed by atoms with Crippen molar-refractivity contribution in [2.75, 3.05) is 0 Å². The molecule has 1 aromatic carbocycles. The van der Waals surface area contributed by atoms with Gasteiger partial charge in [-0.15, -0.1) is 0 Å². The second-order valence-electron chi connectivity index (χ2n) is 3.93. The maximum absolute atomic E-state index is 11.6. The first-order valence-corrected chi connectivity index (χ1v) is 5.43. The van der Waals surface area contributed by atoms with Crippen molar-refractivity contribution in [3.8, 4) is 11.5 Å². The van der Waals surface area contributed by atoms with Crippen LogP contribution in [0.4, 0.5) is 0 Å². The summed E-state index contributed by atoms with van der Waals surface area (Å²) in [6.45, 7) is 0. The number of Topliss-reactive ketones (excluding diaryl/α,β-unsaturated/α-hetero) is 1. The van der Waals surface area contributed by atoms with Crippen molar-refractivity contribution in [2.45, 2.75) is 19.3 Å². The highest BCUT2D eigenvalue weighted by molar-refractivity contribution is 5.96. The first-order valence-electron chi connectivity index (χ1n) is 5.43. The Balaban J connectivity index is 2.08. The number of carbonyl (C=O) groups is 1. The van der Waals surface area contributed by atoms with Gasteiger partial charge in [0.25, 0.3) is 0 Å². The minimum absolute atomic E-state index is 0.104. The number of fused-ring (bicyclic) bond motifs is 1. The lowest BCUT2D eigenvalue weighted by molar-refractivity contribution is 0.0965. The molecule has 3 heteroatoms. The molecule has 3 nitrogen and oxygen atoms in total. The van der Waals surface area contributed by atoms with E-state index in [1.807, 2.05) is 30.3 Å². The Morgan fingerprint density at radius 3 is 2.69 bits per heavy atom. The quantitative estimate of drug-likeness (QED) is 0.731. The number of nitrogens with zero attached hydrogens (tertiary/aromatic N) is 1. The minimum atomic E-state index is 0.104. The summed E-state index contributed by atoms with van der Waals surface area (Å²) in [4.78, 5) is 15.9. The lowest BCUT2D eigenvalue weighted by Crippen LogP contribution is -2.09. The molecule has 0 N–H and O–H groups in total. The Morgan fingerprint density at radius 2 is 1.94 bits per heavy atom. The molecule has 0 unspecified atom stereocenters. The second kappa shape index (κ2) is 3.59. The fraction of sp³-hybridized carbons (Fsp3) is 0.231. The molecule has 1 aliphatic rings. The summed E-state index contributed by atoms with van der Waals surface area (Å²) in [7, 11) is 0. The number of hydrogen-bond acceptors (Lipinski definition) is 3. The third-order valence-corrected chi connectivity index (χ3v) is 2.79. The lowest BCUT2D eigenvalue weighted by atomic mass is 10.0. The molecule has 1 aromatic heterocycles. The highest BCUT2D eigenvalue weighted by Crippen LogP contribution is 2.26. The lowest BCUT2D eigenvalue weighted by Gasteiger charge is -2.04. The largest absolute Gasteiger partial charge is 0.440 e. The van der Waals surface area contributed by atoms with E-state index in [1.54, 1.807) is 0 Å². The molecule has 0 saturated carbocycles. The van der Waals surface area contributed by atoms with Gasteiger partial charge in [-0.05, 0) is 18.6 Å². The van der Waals surface area contributed by atoms with Gasteiger partial charge in [0.05, 0.1) is 0 Å². The molecule has 0 amide bonds. The van der Waals surface area contributed by atoms with E-state index in [4.69, 9.17) is 4.42 Å². The predicted molar refractivity (Wildman–Crippen MR) is 59.2 cm³/mol. The van der Waals surface area contributed by atoms with Crippen LogP contribution in [0.1, 0.15) is 29.1 Å². The topological polar surface area (TPSA) is 43.1 Å². The van der Waals surface area contributed by atoms with Gasteiger partial charge in [0.15, 0.2) is 5.78 Å². The molecule has 80 valence electrons. The molecular weight excluding hydrogens is 202 g/mol. The molecule has 0 bridgehead atoms. The fourth-order valence-electron chi connectivity index (χ4n) is 1.97. The average Bonchev–Trinajstić information content (AvgIpc) is 2.76. The van der Waals surface area contributed by atoms with Gasteiger partial charge in [-0.2, -0.15) is 0 Å². The Labute approximate surface area is 93.1 Å². The third kappa shape index (κ3) is 1.45. The second-order valence-corrected chi connectivity index (χ2v) is 3.93. The minimum Gasteiger partial charge on any atom is -0.440 e. The van der Waals surface area contributed by atoms with E-state index in [1.165, 1.54) is 0 Å². The zero-order chi connectivity index (χ0) is 11.0. The summed E-state index contributed by atoms with van der Waals surface area (Å²) in [5, 5.41) is 0. The molecule has 3 rings (SSSR count). The number of aromatic nitrogens is 1. The van der Waals surface area contributed by atoms with Crippen LogP contribution in [0.25, 0.3) is 11.5 Å². The number of benzene rings is 1. The average molecular weight is 213 g/mol. The van der Waals surface area contributed by atoms with E-state index in [0.717, 1.165) is 24.2 Å². The van der Waals surface area contributed by atoms with Crippen molar-refractivity contribution in [3.63, 3.8) is 0 Å². The Kier molecular flexibility index (Phi) is 2.10. The van der Waals surface area contributed by atoms with E-state index < -0.39 is 0 Å². The molecule has 16 heavy (non-hydrogen) atoms. The SMILES string of the molecule is O=C1CCCc2oc(-c3ccccc3)nc21. The van der Waals surface area contributed by atoms with Crippen molar-refractivity contribution in [1.29, 1.82) is 0 Å². The van der Waals surface area contributed by atoms with Crippen molar-refractivity contribution < 1.29 is 9.21 Å². The van der Waals surface area contributed by atoms with Crippen LogP contribution in [0.15, 0.2) is 34.7 Å². The summed E-state index contributed by atoms with van der Waals surface area (Å²) in [6, 6.07) is 9.67. The summed E-state index contributed by atoms with van der Waals surface area (Å²) in [5.41, 5.74) is 1.45. The van der Waals surface area contributed by atoms with Gasteiger partial charge in [-0.1, -0.05) is 18.2 Å². The molecule has 0 atom stereocenters.